The van der Waals surface area contributed by atoms with Gasteiger partial charge in [0.15, 0.2) is 0 Å². The highest BCUT2D eigenvalue weighted by atomic mass is 35.5. The highest BCUT2D eigenvalue weighted by Gasteiger charge is 2.09. The van der Waals surface area contributed by atoms with Crippen LogP contribution in [0.4, 0.5) is 5.69 Å². The molecule has 2 aromatic heterocycles. The number of rotatable bonds is 12. The van der Waals surface area contributed by atoms with Crippen LogP contribution in [0.15, 0.2) is 73.1 Å². The Bertz CT molecular complexity index is 1480. The van der Waals surface area contributed by atoms with Crippen LogP contribution in [0.3, 0.4) is 0 Å². The molecule has 2 heterocycles. The molecule has 0 radical (unpaired) electrons. The fourth-order valence-corrected chi connectivity index (χ4v) is 4.58. The predicted octanol–water partition coefficient (Wildman–Crippen LogP) is 4.77. The first kappa shape index (κ1) is 25.4. The Labute approximate surface area is 225 Å². The van der Waals surface area contributed by atoms with Crippen molar-refractivity contribution in [3.63, 3.8) is 0 Å². The molecule has 0 aliphatic rings. The van der Waals surface area contributed by atoms with Crippen molar-refractivity contribution < 1.29 is 4.79 Å². The molecule has 0 aliphatic carbocycles. The van der Waals surface area contributed by atoms with Gasteiger partial charge in [0.2, 0.25) is 5.91 Å². The number of anilines is 1. The molecule has 5 N–H and O–H groups in total. The van der Waals surface area contributed by atoms with E-state index in [0.29, 0.717) is 32.6 Å². The molecule has 194 valence electrons. The SMILES string of the molecule is O=C(CCNCc1ccc(-c2ccccc2)c(Cl)c1)NCCCNc1cc(-c2cn[nH]n2)cc2[nH]ncc12. The number of carbonyl (C=O) groups excluding carboxylic acids is 1. The van der Waals surface area contributed by atoms with Crippen molar-refractivity contribution in [1.82, 2.24) is 36.2 Å². The van der Waals surface area contributed by atoms with Gasteiger partial charge in [-0.2, -0.15) is 20.5 Å². The molecule has 5 rings (SSSR count). The second-order valence-corrected chi connectivity index (χ2v) is 9.35. The zero-order valence-corrected chi connectivity index (χ0v) is 21.6. The normalized spacial score (nSPS) is 11.1. The summed E-state index contributed by atoms with van der Waals surface area (Å²) in [6, 6.07) is 20.2. The molecule has 0 aliphatic heterocycles. The van der Waals surface area contributed by atoms with Crippen LogP contribution in [-0.2, 0) is 11.3 Å². The van der Waals surface area contributed by atoms with Gasteiger partial charge < -0.3 is 16.0 Å². The molecular weight excluding hydrogens is 500 g/mol. The maximum Gasteiger partial charge on any atom is 0.221 e. The van der Waals surface area contributed by atoms with E-state index in [4.69, 9.17) is 11.6 Å². The van der Waals surface area contributed by atoms with Gasteiger partial charge in [0.25, 0.3) is 0 Å². The van der Waals surface area contributed by atoms with Crippen LogP contribution in [0.2, 0.25) is 5.02 Å². The first-order chi connectivity index (χ1) is 18.7. The van der Waals surface area contributed by atoms with Crippen LogP contribution in [0.25, 0.3) is 33.3 Å². The van der Waals surface area contributed by atoms with Gasteiger partial charge in [-0.1, -0.05) is 54.1 Å². The van der Waals surface area contributed by atoms with Gasteiger partial charge in [-0.05, 0) is 35.7 Å². The molecule has 5 aromatic rings. The Balaban J connectivity index is 1.01. The molecular formula is C28H29ClN8O. The Morgan fingerprint density at radius 2 is 1.82 bits per heavy atom. The summed E-state index contributed by atoms with van der Waals surface area (Å²) in [6.07, 6.45) is 4.69. The molecule has 0 saturated carbocycles. The molecule has 0 atom stereocenters. The average molecular weight is 529 g/mol. The molecule has 0 bridgehead atoms. The zero-order chi connectivity index (χ0) is 26.2. The molecule has 3 aromatic carbocycles. The number of H-pyrrole nitrogens is 2. The number of nitrogens with zero attached hydrogens (tertiary/aromatic N) is 3. The van der Waals surface area contributed by atoms with Gasteiger partial charge >= 0.3 is 0 Å². The lowest BCUT2D eigenvalue weighted by Gasteiger charge is -2.11. The first-order valence-electron chi connectivity index (χ1n) is 12.6. The number of halogens is 1. The largest absolute Gasteiger partial charge is 0.384 e. The van der Waals surface area contributed by atoms with Crippen LogP contribution in [-0.4, -0.2) is 51.1 Å². The van der Waals surface area contributed by atoms with E-state index < -0.39 is 0 Å². The summed E-state index contributed by atoms with van der Waals surface area (Å²) in [5, 5.41) is 29.3. The Morgan fingerprint density at radius 1 is 0.921 bits per heavy atom. The fraction of sp³-hybridized carbons (Fsp3) is 0.214. The van der Waals surface area contributed by atoms with Gasteiger partial charge in [-0.25, -0.2) is 0 Å². The van der Waals surface area contributed by atoms with Crippen molar-refractivity contribution in [2.45, 2.75) is 19.4 Å². The minimum absolute atomic E-state index is 0.0280. The Hall–Kier alpha value is -4.21. The standard InChI is InChI=1S/C28H29ClN8O/c29-24-13-19(7-8-22(24)20-5-2-1-3-6-20)16-30-12-9-28(38)32-11-4-10-31-25-14-21(27-18-34-37-36-27)15-26-23(25)17-33-35-26/h1-3,5-8,13-15,17-18,30-31H,4,9-12,16H2,(H,32,38)(H,33,35)(H,34,36,37). The highest BCUT2D eigenvalue weighted by molar-refractivity contribution is 6.33. The summed E-state index contributed by atoms with van der Waals surface area (Å²) < 4.78 is 0. The van der Waals surface area contributed by atoms with E-state index in [2.05, 4.69) is 47.6 Å². The first-order valence-corrected chi connectivity index (χ1v) is 12.9. The van der Waals surface area contributed by atoms with Gasteiger partial charge in [-0.3, -0.25) is 9.89 Å². The number of nitrogens with one attached hydrogen (secondary N) is 5. The molecule has 0 spiro atoms. The second kappa shape index (κ2) is 12.4. The maximum atomic E-state index is 12.2. The Kier molecular flexibility index (Phi) is 8.27. The van der Waals surface area contributed by atoms with Crippen LogP contribution < -0.4 is 16.0 Å². The summed E-state index contributed by atoms with van der Waals surface area (Å²) in [6.45, 7) is 2.55. The van der Waals surface area contributed by atoms with Crippen LogP contribution in [0.5, 0.6) is 0 Å². The highest BCUT2D eigenvalue weighted by Crippen LogP contribution is 2.29. The van der Waals surface area contributed by atoms with Crippen LogP contribution in [0.1, 0.15) is 18.4 Å². The molecule has 9 nitrogen and oxygen atoms in total. The molecule has 0 saturated heterocycles. The van der Waals surface area contributed by atoms with Crippen molar-refractivity contribution in [3.8, 4) is 22.4 Å². The number of aromatic amines is 2. The van der Waals surface area contributed by atoms with Crippen molar-refractivity contribution in [2.75, 3.05) is 25.0 Å². The topological polar surface area (TPSA) is 123 Å². The van der Waals surface area contributed by atoms with E-state index in [1.807, 2.05) is 54.6 Å². The third-order valence-corrected chi connectivity index (χ3v) is 6.55. The maximum absolute atomic E-state index is 12.2. The number of fused-ring (bicyclic) bond motifs is 1. The predicted molar refractivity (Wildman–Crippen MR) is 151 cm³/mol. The van der Waals surface area contributed by atoms with Crippen molar-refractivity contribution in [3.05, 3.63) is 83.6 Å². The number of aromatic nitrogens is 5. The third kappa shape index (κ3) is 6.37. The van der Waals surface area contributed by atoms with Crippen LogP contribution in [0, 0.1) is 0 Å². The van der Waals surface area contributed by atoms with E-state index in [0.717, 1.165) is 56.0 Å². The summed E-state index contributed by atoms with van der Waals surface area (Å²) in [5.74, 6) is 0.0280. The van der Waals surface area contributed by atoms with Crippen molar-refractivity contribution in [2.24, 2.45) is 0 Å². The molecule has 0 unspecified atom stereocenters. The molecule has 0 fully saturated rings. The third-order valence-electron chi connectivity index (χ3n) is 6.24. The summed E-state index contributed by atoms with van der Waals surface area (Å²) in [7, 11) is 0. The minimum atomic E-state index is 0.0280. The number of benzene rings is 3. The van der Waals surface area contributed by atoms with E-state index in [9.17, 15) is 4.79 Å². The van der Waals surface area contributed by atoms with E-state index in [1.54, 1.807) is 12.4 Å². The lowest BCUT2D eigenvalue weighted by atomic mass is 10.0. The van der Waals surface area contributed by atoms with Gasteiger partial charge in [0.05, 0.1) is 17.9 Å². The lowest BCUT2D eigenvalue weighted by molar-refractivity contribution is -0.120. The number of amides is 1. The zero-order valence-electron chi connectivity index (χ0n) is 20.8. The summed E-state index contributed by atoms with van der Waals surface area (Å²) in [5.41, 5.74) is 6.77. The fourth-order valence-electron chi connectivity index (χ4n) is 4.27. The summed E-state index contributed by atoms with van der Waals surface area (Å²) in [4.78, 5) is 12.2. The van der Waals surface area contributed by atoms with E-state index in [1.165, 1.54) is 0 Å². The molecule has 38 heavy (non-hydrogen) atoms. The van der Waals surface area contributed by atoms with Crippen LogP contribution >= 0.6 is 11.6 Å². The van der Waals surface area contributed by atoms with E-state index in [-0.39, 0.29) is 5.91 Å². The summed E-state index contributed by atoms with van der Waals surface area (Å²) >= 11 is 6.49. The van der Waals surface area contributed by atoms with Crippen molar-refractivity contribution >= 4 is 34.1 Å². The number of carbonyl (C=O) groups is 1. The number of hydrogen-bond acceptors (Lipinski definition) is 6. The lowest BCUT2D eigenvalue weighted by Crippen LogP contribution is -2.29. The smallest absolute Gasteiger partial charge is 0.221 e. The van der Waals surface area contributed by atoms with E-state index >= 15 is 0 Å². The molecule has 1 amide bonds. The van der Waals surface area contributed by atoms with Crippen molar-refractivity contribution in [1.29, 1.82) is 0 Å². The minimum Gasteiger partial charge on any atom is -0.384 e. The second-order valence-electron chi connectivity index (χ2n) is 8.95. The quantitative estimate of drug-likeness (QED) is 0.149. The van der Waals surface area contributed by atoms with Gasteiger partial charge in [-0.15, -0.1) is 0 Å². The number of hydrogen-bond donors (Lipinski definition) is 5. The van der Waals surface area contributed by atoms with Gasteiger partial charge in [0.1, 0.15) is 5.69 Å². The van der Waals surface area contributed by atoms with Gasteiger partial charge in [0, 0.05) is 59.8 Å². The Morgan fingerprint density at radius 3 is 2.63 bits per heavy atom. The average Bonchev–Trinajstić information content (AvgIpc) is 3.64. The monoisotopic (exact) mass is 528 g/mol. The molecule has 10 heteroatoms.